The Morgan fingerprint density at radius 2 is 1.65 bits per heavy atom. The molecule has 0 atom stereocenters. The van der Waals surface area contributed by atoms with Crippen molar-refractivity contribution in [3.05, 3.63) is 44.5 Å². The summed E-state index contributed by atoms with van der Waals surface area (Å²) >= 11 is 23.9. The van der Waals surface area contributed by atoms with Crippen LogP contribution in [-0.2, 0) is 0 Å². The molecule has 1 aromatic heterocycles. The fourth-order valence-corrected chi connectivity index (χ4v) is 2.24. The van der Waals surface area contributed by atoms with Crippen molar-refractivity contribution in [1.29, 1.82) is 0 Å². The Bertz CT molecular complexity index is 584. The van der Waals surface area contributed by atoms with Crippen LogP contribution in [-0.4, -0.2) is 4.98 Å². The van der Waals surface area contributed by atoms with Gasteiger partial charge in [-0.3, -0.25) is 0 Å². The number of halogens is 4. The molecule has 0 bridgehead atoms. The van der Waals surface area contributed by atoms with Crippen molar-refractivity contribution < 1.29 is 0 Å². The fraction of sp³-hybridized carbons (Fsp3) is 0. The first-order chi connectivity index (χ1) is 7.99. The van der Waals surface area contributed by atoms with Crippen LogP contribution < -0.4 is 5.73 Å². The highest BCUT2D eigenvalue weighted by atomic mass is 35.5. The highest BCUT2D eigenvalue weighted by molar-refractivity contribution is 6.45. The molecule has 2 rings (SSSR count). The standard InChI is InChI=1S/C11H6Cl4N2/c12-6-2-7(10(15)8(13)3-6)5-1-9(14)11(16)17-4-5/h1-4H,(H2,16,17). The summed E-state index contributed by atoms with van der Waals surface area (Å²) in [5.41, 5.74) is 6.91. The Balaban J connectivity index is 2.64. The topological polar surface area (TPSA) is 38.9 Å². The number of aromatic nitrogens is 1. The smallest absolute Gasteiger partial charge is 0.142 e. The molecular formula is C11H6Cl4N2. The molecule has 1 aromatic carbocycles. The van der Waals surface area contributed by atoms with Crippen LogP contribution in [0.4, 0.5) is 5.82 Å². The van der Waals surface area contributed by atoms with Crippen LogP contribution in [0, 0.1) is 0 Å². The van der Waals surface area contributed by atoms with Crippen molar-refractivity contribution >= 4 is 52.2 Å². The number of hydrogen-bond donors (Lipinski definition) is 1. The molecule has 0 radical (unpaired) electrons. The minimum Gasteiger partial charge on any atom is -0.382 e. The highest BCUT2D eigenvalue weighted by Crippen LogP contribution is 2.37. The molecule has 1 heterocycles. The van der Waals surface area contributed by atoms with E-state index in [2.05, 4.69) is 4.98 Å². The molecule has 2 nitrogen and oxygen atoms in total. The van der Waals surface area contributed by atoms with Gasteiger partial charge in [0.05, 0.1) is 15.1 Å². The molecule has 2 N–H and O–H groups in total. The zero-order valence-electron chi connectivity index (χ0n) is 8.35. The molecular weight excluding hydrogens is 302 g/mol. The zero-order chi connectivity index (χ0) is 12.6. The maximum atomic E-state index is 6.10. The van der Waals surface area contributed by atoms with Gasteiger partial charge >= 0.3 is 0 Å². The first-order valence-electron chi connectivity index (χ1n) is 4.55. The molecule has 0 fully saturated rings. The molecule has 88 valence electrons. The number of anilines is 1. The number of nitrogen functional groups attached to an aromatic ring is 1. The van der Waals surface area contributed by atoms with E-state index in [9.17, 15) is 0 Å². The third kappa shape index (κ3) is 2.61. The zero-order valence-corrected chi connectivity index (χ0v) is 11.4. The summed E-state index contributed by atoms with van der Waals surface area (Å²) in [6.07, 6.45) is 1.56. The summed E-state index contributed by atoms with van der Waals surface area (Å²) in [5.74, 6) is 0.264. The lowest BCUT2D eigenvalue weighted by Gasteiger charge is -2.08. The largest absolute Gasteiger partial charge is 0.382 e. The van der Waals surface area contributed by atoms with E-state index in [1.807, 2.05) is 0 Å². The van der Waals surface area contributed by atoms with E-state index in [1.54, 1.807) is 24.4 Å². The van der Waals surface area contributed by atoms with Crippen LogP contribution in [0.5, 0.6) is 0 Å². The second-order valence-electron chi connectivity index (χ2n) is 3.34. The predicted octanol–water partition coefficient (Wildman–Crippen LogP) is 4.94. The lowest BCUT2D eigenvalue weighted by molar-refractivity contribution is 1.34. The predicted molar refractivity (Wildman–Crippen MR) is 74.1 cm³/mol. The maximum absolute atomic E-state index is 6.10. The molecule has 0 amide bonds. The van der Waals surface area contributed by atoms with Gasteiger partial charge in [-0.15, -0.1) is 0 Å². The van der Waals surface area contributed by atoms with Gasteiger partial charge < -0.3 is 5.73 Å². The molecule has 0 aliphatic rings. The van der Waals surface area contributed by atoms with Crippen LogP contribution in [0.2, 0.25) is 20.1 Å². The normalized spacial score (nSPS) is 10.6. The number of pyridine rings is 1. The number of rotatable bonds is 1. The summed E-state index contributed by atoms with van der Waals surface area (Å²) in [7, 11) is 0. The number of benzene rings is 1. The summed E-state index contributed by atoms with van der Waals surface area (Å²) in [5, 5.41) is 1.62. The summed E-state index contributed by atoms with van der Waals surface area (Å²) in [4.78, 5) is 3.96. The van der Waals surface area contributed by atoms with E-state index >= 15 is 0 Å². The molecule has 0 aliphatic heterocycles. The average molecular weight is 308 g/mol. The van der Waals surface area contributed by atoms with E-state index in [4.69, 9.17) is 52.1 Å². The molecule has 0 unspecified atom stereocenters. The van der Waals surface area contributed by atoms with E-state index in [-0.39, 0.29) is 5.82 Å². The molecule has 0 saturated carbocycles. The first kappa shape index (κ1) is 12.8. The van der Waals surface area contributed by atoms with Gasteiger partial charge in [-0.1, -0.05) is 46.4 Å². The first-order valence-corrected chi connectivity index (χ1v) is 6.06. The quantitative estimate of drug-likeness (QED) is 0.757. The number of hydrogen-bond acceptors (Lipinski definition) is 2. The Morgan fingerprint density at radius 1 is 0.941 bits per heavy atom. The van der Waals surface area contributed by atoms with Gasteiger partial charge in [-0.05, 0) is 18.2 Å². The van der Waals surface area contributed by atoms with Gasteiger partial charge in [0, 0.05) is 22.3 Å². The van der Waals surface area contributed by atoms with E-state index in [0.717, 1.165) is 0 Å². The minimum absolute atomic E-state index is 0.264. The SMILES string of the molecule is Nc1ncc(-c2cc(Cl)cc(Cl)c2Cl)cc1Cl. The molecule has 0 saturated heterocycles. The number of nitrogens with two attached hydrogens (primary N) is 1. The molecule has 17 heavy (non-hydrogen) atoms. The van der Waals surface area contributed by atoms with Gasteiger partial charge in [0.15, 0.2) is 0 Å². The Labute approximate surface area is 118 Å². The lowest BCUT2D eigenvalue weighted by Crippen LogP contribution is -1.92. The number of nitrogens with zero attached hydrogens (tertiary/aromatic N) is 1. The molecule has 0 spiro atoms. The summed E-state index contributed by atoms with van der Waals surface area (Å²) < 4.78 is 0. The third-order valence-corrected chi connectivity index (χ3v) is 3.50. The van der Waals surface area contributed by atoms with Crippen LogP contribution >= 0.6 is 46.4 Å². The van der Waals surface area contributed by atoms with Crippen molar-refractivity contribution in [3.63, 3.8) is 0 Å². The fourth-order valence-electron chi connectivity index (χ4n) is 1.36. The second kappa shape index (κ2) is 4.91. The van der Waals surface area contributed by atoms with Crippen molar-refractivity contribution in [2.75, 3.05) is 5.73 Å². The molecule has 6 heteroatoms. The van der Waals surface area contributed by atoms with Crippen LogP contribution in [0.15, 0.2) is 24.4 Å². The lowest BCUT2D eigenvalue weighted by atomic mass is 10.1. The van der Waals surface area contributed by atoms with Crippen LogP contribution in [0.25, 0.3) is 11.1 Å². The molecule has 0 aliphatic carbocycles. The van der Waals surface area contributed by atoms with E-state index < -0.39 is 0 Å². The van der Waals surface area contributed by atoms with Crippen molar-refractivity contribution in [3.8, 4) is 11.1 Å². The van der Waals surface area contributed by atoms with Gasteiger partial charge in [-0.2, -0.15) is 0 Å². The average Bonchev–Trinajstić information content (AvgIpc) is 2.27. The Kier molecular flexibility index (Phi) is 3.69. The van der Waals surface area contributed by atoms with Crippen molar-refractivity contribution in [1.82, 2.24) is 4.98 Å². The second-order valence-corrected chi connectivity index (χ2v) is 4.97. The monoisotopic (exact) mass is 306 g/mol. The van der Waals surface area contributed by atoms with Crippen molar-refractivity contribution in [2.24, 2.45) is 0 Å². The van der Waals surface area contributed by atoms with Gasteiger partial charge in [0.25, 0.3) is 0 Å². The summed E-state index contributed by atoms with van der Waals surface area (Å²) in [6, 6.07) is 4.93. The molecule has 2 aromatic rings. The van der Waals surface area contributed by atoms with E-state index in [0.29, 0.717) is 31.2 Å². The Morgan fingerprint density at radius 3 is 2.29 bits per heavy atom. The van der Waals surface area contributed by atoms with E-state index in [1.165, 1.54) is 0 Å². The Hall–Kier alpha value is -0.670. The van der Waals surface area contributed by atoms with Crippen LogP contribution in [0.3, 0.4) is 0 Å². The van der Waals surface area contributed by atoms with Crippen LogP contribution in [0.1, 0.15) is 0 Å². The summed E-state index contributed by atoms with van der Waals surface area (Å²) in [6.45, 7) is 0. The minimum atomic E-state index is 0.264. The maximum Gasteiger partial charge on any atom is 0.142 e. The van der Waals surface area contributed by atoms with Gasteiger partial charge in [-0.25, -0.2) is 4.98 Å². The third-order valence-electron chi connectivity index (χ3n) is 2.17. The van der Waals surface area contributed by atoms with Gasteiger partial charge in [0.1, 0.15) is 5.82 Å². The van der Waals surface area contributed by atoms with Crippen molar-refractivity contribution in [2.45, 2.75) is 0 Å². The van der Waals surface area contributed by atoms with Gasteiger partial charge in [0.2, 0.25) is 0 Å². The highest BCUT2D eigenvalue weighted by Gasteiger charge is 2.11.